The van der Waals surface area contributed by atoms with E-state index in [9.17, 15) is 19.1 Å². The van der Waals surface area contributed by atoms with Gasteiger partial charge < -0.3 is 20.2 Å². The molecule has 8 nitrogen and oxygen atoms in total. The standard InChI is InChI=1S/C22H27BrFN5O3/c1-4-19(30)13-9-27(3)21(31)20-15-11-28(12(2)7-18(15)26-29(20)10-13)22(32)25-14-5-6-17(24)16(23)8-14/h5-6,8,12-13,19,30H,4,7,9-11H2,1-3H3,(H,25,32)/t12-,13?,19-/m1/s1. The fourth-order valence-corrected chi connectivity index (χ4v) is 4.86. The minimum atomic E-state index is -0.520. The van der Waals surface area contributed by atoms with Crippen molar-refractivity contribution in [2.24, 2.45) is 5.92 Å². The van der Waals surface area contributed by atoms with Crippen molar-refractivity contribution in [3.8, 4) is 0 Å². The SMILES string of the molecule is CC[C@@H](O)C1CN(C)C(=O)c2c3c(nn2C1)C[C@@H](C)N(C(=O)Nc1ccc(F)c(Br)c1)C3. The summed E-state index contributed by atoms with van der Waals surface area (Å²) in [6.07, 6.45) is 0.607. The first-order valence-electron chi connectivity index (χ1n) is 10.7. The number of carbonyl (C=O) groups is 2. The van der Waals surface area contributed by atoms with E-state index in [-0.39, 0.29) is 34.9 Å². The molecule has 2 aliphatic heterocycles. The molecule has 0 bridgehead atoms. The molecule has 2 aliphatic rings. The molecule has 0 saturated heterocycles. The largest absolute Gasteiger partial charge is 0.393 e. The number of urea groups is 1. The summed E-state index contributed by atoms with van der Waals surface area (Å²) in [4.78, 5) is 29.5. The molecule has 2 N–H and O–H groups in total. The number of carbonyl (C=O) groups excluding carboxylic acids is 2. The number of aliphatic hydroxyl groups is 1. The van der Waals surface area contributed by atoms with Gasteiger partial charge in [0.15, 0.2) is 0 Å². The van der Waals surface area contributed by atoms with Crippen LogP contribution in [0.4, 0.5) is 14.9 Å². The Morgan fingerprint density at radius 3 is 2.84 bits per heavy atom. The Balaban J connectivity index is 1.61. The second kappa shape index (κ2) is 8.82. The van der Waals surface area contributed by atoms with Crippen LogP contribution in [0.15, 0.2) is 22.7 Å². The monoisotopic (exact) mass is 507 g/mol. The highest BCUT2D eigenvalue weighted by molar-refractivity contribution is 9.10. The van der Waals surface area contributed by atoms with Crippen LogP contribution in [-0.4, -0.2) is 62.4 Å². The Morgan fingerprint density at radius 1 is 1.41 bits per heavy atom. The van der Waals surface area contributed by atoms with Gasteiger partial charge in [-0.25, -0.2) is 9.18 Å². The number of anilines is 1. The summed E-state index contributed by atoms with van der Waals surface area (Å²) in [5.41, 5.74) is 2.53. The summed E-state index contributed by atoms with van der Waals surface area (Å²) < 4.78 is 15.5. The molecule has 1 unspecified atom stereocenters. The van der Waals surface area contributed by atoms with Crippen LogP contribution >= 0.6 is 15.9 Å². The minimum Gasteiger partial charge on any atom is -0.393 e. The van der Waals surface area contributed by atoms with E-state index in [0.717, 1.165) is 11.3 Å². The van der Waals surface area contributed by atoms with Gasteiger partial charge in [0.1, 0.15) is 11.5 Å². The van der Waals surface area contributed by atoms with Gasteiger partial charge in [0.25, 0.3) is 5.91 Å². The molecule has 1 aromatic heterocycles. The molecule has 2 aromatic rings. The molecule has 32 heavy (non-hydrogen) atoms. The summed E-state index contributed by atoms with van der Waals surface area (Å²) >= 11 is 3.13. The minimum absolute atomic E-state index is 0.106. The zero-order chi connectivity index (χ0) is 23.2. The van der Waals surface area contributed by atoms with Gasteiger partial charge >= 0.3 is 6.03 Å². The van der Waals surface area contributed by atoms with E-state index in [0.29, 0.717) is 37.3 Å². The van der Waals surface area contributed by atoms with Crippen LogP contribution in [0.1, 0.15) is 42.0 Å². The Kier molecular flexibility index (Phi) is 6.26. The van der Waals surface area contributed by atoms with Gasteiger partial charge in [-0.3, -0.25) is 9.48 Å². The number of rotatable bonds is 3. The number of amides is 3. The van der Waals surface area contributed by atoms with E-state index >= 15 is 0 Å². The first kappa shape index (κ1) is 22.7. The van der Waals surface area contributed by atoms with Crippen molar-refractivity contribution in [3.63, 3.8) is 0 Å². The number of hydrogen-bond acceptors (Lipinski definition) is 4. The van der Waals surface area contributed by atoms with Gasteiger partial charge in [0, 0.05) is 49.8 Å². The van der Waals surface area contributed by atoms with Gasteiger partial charge in [-0.1, -0.05) is 6.92 Å². The number of aliphatic hydroxyl groups excluding tert-OH is 1. The molecule has 3 amide bonds. The highest BCUT2D eigenvalue weighted by Gasteiger charge is 2.38. The predicted octanol–water partition coefficient (Wildman–Crippen LogP) is 3.24. The molecule has 1 aromatic carbocycles. The highest BCUT2D eigenvalue weighted by Crippen LogP contribution is 2.30. The van der Waals surface area contributed by atoms with E-state index in [1.165, 1.54) is 18.2 Å². The first-order valence-corrected chi connectivity index (χ1v) is 11.5. The second-order valence-corrected chi connectivity index (χ2v) is 9.47. The van der Waals surface area contributed by atoms with Crippen molar-refractivity contribution in [1.29, 1.82) is 0 Å². The van der Waals surface area contributed by atoms with E-state index in [2.05, 4.69) is 21.2 Å². The van der Waals surface area contributed by atoms with Gasteiger partial charge in [0.2, 0.25) is 0 Å². The van der Waals surface area contributed by atoms with Gasteiger partial charge in [0.05, 0.1) is 22.8 Å². The molecular formula is C22H27BrFN5O3. The Hall–Kier alpha value is -2.46. The summed E-state index contributed by atoms with van der Waals surface area (Å²) in [5.74, 6) is -0.664. The molecule has 0 aliphatic carbocycles. The normalized spacial score (nSPS) is 21.6. The van der Waals surface area contributed by atoms with Gasteiger partial charge in [-0.05, 0) is 47.5 Å². The van der Waals surface area contributed by atoms with Crippen LogP contribution < -0.4 is 5.32 Å². The maximum absolute atomic E-state index is 13.5. The molecule has 172 valence electrons. The number of hydrogen-bond donors (Lipinski definition) is 2. The van der Waals surface area contributed by atoms with E-state index in [1.54, 1.807) is 21.5 Å². The Bertz CT molecular complexity index is 1060. The lowest BCUT2D eigenvalue weighted by Crippen LogP contribution is -2.45. The molecule has 0 saturated carbocycles. The lowest BCUT2D eigenvalue weighted by atomic mass is 9.99. The fraction of sp³-hybridized carbons (Fsp3) is 0.500. The van der Waals surface area contributed by atoms with Crippen LogP contribution in [0.2, 0.25) is 0 Å². The Labute approximate surface area is 194 Å². The summed E-state index contributed by atoms with van der Waals surface area (Å²) in [6.45, 7) is 5.01. The summed E-state index contributed by atoms with van der Waals surface area (Å²) in [6, 6.07) is 3.84. The predicted molar refractivity (Wildman–Crippen MR) is 121 cm³/mol. The van der Waals surface area contributed by atoms with Crippen LogP contribution in [0, 0.1) is 11.7 Å². The third-order valence-electron chi connectivity index (χ3n) is 6.34. The Morgan fingerprint density at radius 2 is 2.16 bits per heavy atom. The zero-order valence-electron chi connectivity index (χ0n) is 18.3. The van der Waals surface area contributed by atoms with E-state index in [1.807, 2.05) is 13.8 Å². The van der Waals surface area contributed by atoms with Crippen molar-refractivity contribution >= 4 is 33.6 Å². The van der Waals surface area contributed by atoms with Crippen molar-refractivity contribution in [3.05, 3.63) is 45.4 Å². The summed E-state index contributed by atoms with van der Waals surface area (Å²) in [5, 5.41) is 17.9. The topological polar surface area (TPSA) is 90.7 Å². The number of halogens is 2. The number of fused-ring (bicyclic) bond motifs is 3. The van der Waals surface area contributed by atoms with Crippen molar-refractivity contribution in [1.82, 2.24) is 19.6 Å². The summed E-state index contributed by atoms with van der Waals surface area (Å²) in [7, 11) is 1.73. The van der Waals surface area contributed by atoms with Crippen molar-refractivity contribution in [2.45, 2.75) is 51.9 Å². The fourth-order valence-electron chi connectivity index (χ4n) is 4.48. The molecule has 4 rings (SSSR count). The van der Waals surface area contributed by atoms with Crippen LogP contribution in [0.25, 0.3) is 0 Å². The number of aromatic nitrogens is 2. The highest BCUT2D eigenvalue weighted by atomic mass is 79.9. The third-order valence-corrected chi connectivity index (χ3v) is 6.95. The quantitative estimate of drug-likeness (QED) is 0.667. The van der Waals surface area contributed by atoms with Gasteiger partial charge in [-0.15, -0.1) is 0 Å². The smallest absolute Gasteiger partial charge is 0.322 e. The molecule has 0 fully saturated rings. The van der Waals surface area contributed by atoms with Crippen molar-refractivity contribution in [2.75, 3.05) is 18.9 Å². The molecular weight excluding hydrogens is 481 g/mol. The molecule has 0 spiro atoms. The number of nitrogens with zero attached hydrogens (tertiary/aromatic N) is 4. The van der Waals surface area contributed by atoms with Crippen molar-refractivity contribution < 1.29 is 19.1 Å². The maximum atomic E-state index is 13.5. The molecule has 3 atom stereocenters. The lowest BCUT2D eigenvalue weighted by Gasteiger charge is -2.33. The second-order valence-electron chi connectivity index (χ2n) is 8.62. The van der Waals surface area contributed by atoms with Crippen LogP contribution in [-0.2, 0) is 19.5 Å². The number of nitrogens with one attached hydrogen (secondary N) is 1. The average molecular weight is 508 g/mol. The van der Waals surface area contributed by atoms with Gasteiger partial charge in [-0.2, -0.15) is 5.10 Å². The third kappa shape index (κ3) is 4.13. The van der Waals surface area contributed by atoms with Crippen LogP contribution in [0.5, 0.6) is 0 Å². The van der Waals surface area contributed by atoms with E-state index < -0.39 is 11.9 Å². The van der Waals surface area contributed by atoms with E-state index in [4.69, 9.17) is 5.10 Å². The molecule has 3 heterocycles. The zero-order valence-corrected chi connectivity index (χ0v) is 19.9. The maximum Gasteiger partial charge on any atom is 0.322 e. The van der Waals surface area contributed by atoms with Crippen LogP contribution in [0.3, 0.4) is 0 Å². The molecule has 0 radical (unpaired) electrons. The average Bonchev–Trinajstić information content (AvgIpc) is 3.04. The number of benzene rings is 1. The first-order chi connectivity index (χ1) is 15.2. The molecule has 10 heteroatoms. The lowest BCUT2D eigenvalue weighted by molar-refractivity contribution is 0.0625.